The Hall–Kier alpha value is -2.77. The van der Waals surface area contributed by atoms with Crippen molar-refractivity contribution < 1.29 is 19.1 Å². The van der Waals surface area contributed by atoms with Crippen LogP contribution in [0, 0.1) is 5.92 Å². The topological polar surface area (TPSA) is 94.5 Å². The first-order valence-electron chi connectivity index (χ1n) is 9.77. The van der Waals surface area contributed by atoms with Crippen molar-refractivity contribution in [3.8, 4) is 0 Å². The highest BCUT2D eigenvalue weighted by molar-refractivity contribution is 5.77. The summed E-state index contributed by atoms with van der Waals surface area (Å²) in [5.74, 6) is -0.107. The molecular weight excluding hydrogens is 372 g/mol. The SMILES string of the molecule is CC(C)(C)OC(=O)NCC(CNC(=O)OC(C)(C)C)Cn1cc2ccccc2n1. The number of nitrogens with zero attached hydrogens (tertiary/aromatic N) is 2. The van der Waals surface area contributed by atoms with Gasteiger partial charge in [-0.2, -0.15) is 5.10 Å². The Labute approximate surface area is 171 Å². The lowest BCUT2D eigenvalue weighted by Gasteiger charge is -2.23. The van der Waals surface area contributed by atoms with Crippen molar-refractivity contribution in [1.82, 2.24) is 20.4 Å². The second-order valence-electron chi connectivity index (χ2n) is 9.04. The lowest BCUT2D eigenvalue weighted by molar-refractivity contribution is 0.0505. The largest absolute Gasteiger partial charge is 0.444 e. The van der Waals surface area contributed by atoms with Crippen molar-refractivity contribution in [2.24, 2.45) is 5.92 Å². The Bertz CT molecular complexity index is 768. The summed E-state index contributed by atoms with van der Waals surface area (Å²) >= 11 is 0. The van der Waals surface area contributed by atoms with Crippen LogP contribution in [0.1, 0.15) is 41.5 Å². The summed E-state index contributed by atoms with van der Waals surface area (Å²) in [4.78, 5) is 24.0. The number of aromatic nitrogens is 2. The zero-order chi connectivity index (χ0) is 21.7. The highest BCUT2D eigenvalue weighted by atomic mass is 16.6. The summed E-state index contributed by atoms with van der Waals surface area (Å²) in [5, 5.41) is 11.1. The fourth-order valence-corrected chi connectivity index (χ4v) is 2.66. The highest BCUT2D eigenvalue weighted by Crippen LogP contribution is 2.13. The van der Waals surface area contributed by atoms with Gasteiger partial charge in [-0.25, -0.2) is 9.59 Å². The summed E-state index contributed by atoms with van der Waals surface area (Å²) in [7, 11) is 0. The Morgan fingerprint density at radius 3 is 1.97 bits per heavy atom. The molecule has 0 aliphatic heterocycles. The van der Waals surface area contributed by atoms with Crippen molar-refractivity contribution >= 4 is 23.1 Å². The minimum Gasteiger partial charge on any atom is -0.444 e. The van der Waals surface area contributed by atoms with Crippen molar-refractivity contribution in [3.63, 3.8) is 0 Å². The normalized spacial score (nSPS) is 12.1. The van der Waals surface area contributed by atoms with Crippen molar-refractivity contribution in [2.45, 2.75) is 59.3 Å². The van der Waals surface area contributed by atoms with Gasteiger partial charge in [0.1, 0.15) is 11.2 Å². The lowest BCUT2D eigenvalue weighted by Crippen LogP contribution is -2.41. The molecule has 0 saturated carbocycles. The van der Waals surface area contributed by atoms with E-state index in [1.54, 1.807) is 0 Å². The molecule has 0 atom stereocenters. The van der Waals surface area contributed by atoms with Crippen LogP contribution in [-0.4, -0.2) is 46.3 Å². The summed E-state index contributed by atoms with van der Waals surface area (Å²) in [6.07, 6.45) is 0.958. The van der Waals surface area contributed by atoms with Crippen LogP contribution in [0.3, 0.4) is 0 Å². The van der Waals surface area contributed by atoms with Gasteiger partial charge in [-0.05, 0) is 47.6 Å². The van der Waals surface area contributed by atoms with E-state index >= 15 is 0 Å². The first-order chi connectivity index (χ1) is 13.4. The molecule has 0 bridgehead atoms. The fraction of sp³-hybridized carbons (Fsp3) is 0.571. The molecule has 2 aromatic rings. The van der Waals surface area contributed by atoms with E-state index in [9.17, 15) is 9.59 Å². The molecule has 0 aliphatic rings. The molecule has 2 N–H and O–H groups in total. The first-order valence-corrected chi connectivity index (χ1v) is 9.77. The van der Waals surface area contributed by atoms with Gasteiger partial charge in [-0.1, -0.05) is 18.2 Å². The van der Waals surface area contributed by atoms with E-state index in [4.69, 9.17) is 9.47 Å². The molecule has 1 heterocycles. The van der Waals surface area contributed by atoms with E-state index in [0.717, 1.165) is 10.9 Å². The van der Waals surface area contributed by atoms with Crippen molar-refractivity contribution in [3.05, 3.63) is 30.5 Å². The van der Waals surface area contributed by atoms with E-state index in [-0.39, 0.29) is 5.92 Å². The molecule has 160 valence electrons. The van der Waals surface area contributed by atoms with Gasteiger partial charge in [-0.15, -0.1) is 0 Å². The van der Waals surface area contributed by atoms with Gasteiger partial charge in [0, 0.05) is 37.1 Å². The van der Waals surface area contributed by atoms with E-state index in [0.29, 0.717) is 19.6 Å². The fourth-order valence-electron chi connectivity index (χ4n) is 2.66. The maximum absolute atomic E-state index is 12.0. The predicted molar refractivity (Wildman–Crippen MR) is 112 cm³/mol. The second kappa shape index (κ2) is 9.15. The summed E-state index contributed by atoms with van der Waals surface area (Å²) < 4.78 is 12.4. The van der Waals surface area contributed by atoms with Crippen LogP contribution >= 0.6 is 0 Å². The van der Waals surface area contributed by atoms with E-state index in [2.05, 4.69) is 15.7 Å². The summed E-state index contributed by atoms with van der Waals surface area (Å²) in [6, 6.07) is 7.83. The third-order valence-corrected chi connectivity index (χ3v) is 3.77. The number of benzene rings is 1. The third kappa shape index (κ3) is 8.41. The average Bonchev–Trinajstić information content (AvgIpc) is 2.96. The van der Waals surface area contributed by atoms with Crippen LogP contribution in [-0.2, 0) is 16.0 Å². The Balaban J connectivity index is 2.01. The summed E-state index contributed by atoms with van der Waals surface area (Å²) in [6.45, 7) is 12.0. The second-order valence-corrected chi connectivity index (χ2v) is 9.04. The van der Waals surface area contributed by atoms with Gasteiger partial charge in [-0.3, -0.25) is 4.68 Å². The van der Waals surface area contributed by atoms with Crippen LogP contribution in [0.2, 0.25) is 0 Å². The standard InChI is InChI=1S/C21H32N4O4/c1-20(2,3)28-18(26)22-11-15(12-23-19(27)29-21(4,5)6)13-25-14-16-9-7-8-10-17(16)24-25/h7-10,14-15H,11-13H2,1-6H3,(H,22,26)(H,23,27). The van der Waals surface area contributed by atoms with Gasteiger partial charge in [0.15, 0.2) is 0 Å². The van der Waals surface area contributed by atoms with Crippen molar-refractivity contribution in [1.29, 1.82) is 0 Å². The summed E-state index contributed by atoms with van der Waals surface area (Å²) in [5.41, 5.74) is -0.256. The molecule has 0 aliphatic carbocycles. The molecule has 0 saturated heterocycles. The number of fused-ring (bicyclic) bond motifs is 1. The molecule has 1 aromatic heterocycles. The number of rotatable bonds is 6. The Morgan fingerprint density at radius 2 is 1.48 bits per heavy atom. The molecule has 0 radical (unpaired) electrons. The highest BCUT2D eigenvalue weighted by Gasteiger charge is 2.20. The van der Waals surface area contributed by atoms with E-state index in [1.807, 2.05) is 76.7 Å². The van der Waals surface area contributed by atoms with Gasteiger partial charge in [0.2, 0.25) is 0 Å². The molecular formula is C21H32N4O4. The third-order valence-electron chi connectivity index (χ3n) is 3.77. The van der Waals surface area contributed by atoms with Crippen LogP contribution in [0.4, 0.5) is 9.59 Å². The minimum absolute atomic E-state index is 0.107. The molecule has 0 spiro atoms. The minimum atomic E-state index is -0.575. The number of amides is 2. The number of hydrogen-bond donors (Lipinski definition) is 2. The number of nitrogens with one attached hydrogen (secondary N) is 2. The van der Waals surface area contributed by atoms with Gasteiger partial charge < -0.3 is 20.1 Å². The molecule has 29 heavy (non-hydrogen) atoms. The zero-order valence-corrected chi connectivity index (χ0v) is 18.1. The number of hydrogen-bond acceptors (Lipinski definition) is 5. The van der Waals surface area contributed by atoms with Crippen LogP contribution in [0.5, 0.6) is 0 Å². The number of carbonyl (C=O) groups excluding carboxylic acids is 2. The predicted octanol–water partition coefficient (Wildman–Crippen LogP) is 3.70. The number of alkyl carbamates (subject to hydrolysis) is 2. The number of ether oxygens (including phenoxy) is 2. The zero-order valence-electron chi connectivity index (χ0n) is 18.1. The Morgan fingerprint density at radius 1 is 0.966 bits per heavy atom. The maximum atomic E-state index is 12.0. The monoisotopic (exact) mass is 404 g/mol. The lowest BCUT2D eigenvalue weighted by atomic mass is 10.1. The molecule has 0 unspecified atom stereocenters. The van der Waals surface area contributed by atoms with Gasteiger partial charge in [0.05, 0.1) is 5.52 Å². The van der Waals surface area contributed by atoms with Crippen LogP contribution in [0.15, 0.2) is 30.5 Å². The molecule has 2 amide bonds. The molecule has 8 heteroatoms. The van der Waals surface area contributed by atoms with Gasteiger partial charge in [0.25, 0.3) is 0 Å². The Kier molecular flexibility index (Phi) is 7.11. The van der Waals surface area contributed by atoms with Crippen molar-refractivity contribution in [2.75, 3.05) is 13.1 Å². The average molecular weight is 405 g/mol. The van der Waals surface area contributed by atoms with E-state index in [1.165, 1.54) is 0 Å². The molecule has 2 rings (SSSR count). The first kappa shape index (κ1) is 22.5. The smallest absolute Gasteiger partial charge is 0.407 e. The maximum Gasteiger partial charge on any atom is 0.407 e. The molecule has 8 nitrogen and oxygen atoms in total. The quantitative estimate of drug-likeness (QED) is 0.765. The van der Waals surface area contributed by atoms with Crippen LogP contribution in [0.25, 0.3) is 10.9 Å². The van der Waals surface area contributed by atoms with Crippen LogP contribution < -0.4 is 10.6 Å². The van der Waals surface area contributed by atoms with E-state index < -0.39 is 23.4 Å². The number of carbonyl (C=O) groups is 2. The molecule has 1 aromatic carbocycles. The molecule has 0 fully saturated rings. The van der Waals surface area contributed by atoms with Gasteiger partial charge >= 0.3 is 12.2 Å².